The van der Waals surface area contributed by atoms with Crippen molar-refractivity contribution in [1.82, 2.24) is 24.4 Å². The van der Waals surface area contributed by atoms with Crippen molar-refractivity contribution in [2.24, 2.45) is 0 Å². The van der Waals surface area contributed by atoms with Crippen molar-refractivity contribution in [3.63, 3.8) is 0 Å². The molecular weight excluding hydrogens is 370 g/mol. The van der Waals surface area contributed by atoms with Gasteiger partial charge in [0, 0.05) is 23.9 Å². The van der Waals surface area contributed by atoms with E-state index in [2.05, 4.69) is 30.9 Å². The third kappa shape index (κ3) is 3.16. The molecule has 26 heavy (non-hydrogen) atoms. The highest BCUT2D eigenvalue weighted by Crippen LogP contribution is 2.28. The third-order valence-electron chi connectivity index (χ3n) is 3.79. The van der Waals surface area contributed by atoms with Gasteiger partial charge in [0.05, 0.1) is 23.6 Å². The summed E-state index contributed by atoms with van der Waals surface area (Å²) in [5, 5.41) is 18.8. The van der Waals surface area contributed by atoms with E-state index in [0.29, 0.717) is 15.8 Å². The predicted molar refractivity (Wildman–Crippen MR) is 105 cm³/mol. The molecule has 4 rings (SSSR count). The lowest BCUT2D eigenvalue weighted by Crippen LogP contribution is -2.11. The summed E-state index contributed by atoms with van der Waals surface area (Å²) < 4.78 is 1.73. The average molecular weight is 385 g/mol. The number of thiazole rings is 1. The fourth-order valence-electron chi connectivity index (χ4n) is 2.49. The van der Waals surface area contributed by atoms with Crippen LogP contribution in [0.2, 0.25) is 0 Å². The normalized spacial score (nSPS) is 11.0. The third-order valence-corrected chi connectivity index (χ3v) is 5.28. The molecule has 10 heteroatoms. The van der Waals surface area contributed by atoms with Crippen LogP contribution in [-0.4, -0.2) is 36.5 Å². The summed E-state index contributed by atoms with van der Waals surface area (Å²) in [6, 6.07) is 5.73. The minimum Gasteiger partial charge on any atom is -0.320 e. The molecular formula is C16H15N7OS2. The molecule has 0 spiro atoms. The number of nitrogens with zero attached hydrogens (tertiary/aromatic N) is 4. The smallest absolute Gasteiger partial charge is 0.267 e. The second kappa shape index (κ2) is 6.81. The molecule has 0 saturated heterocycles. The van der Waals surface area contributed by atoms with Crippen LogP contribution in [0.15, 0.2) is 36.8 Å². The first-order valence-corrected chi connectivity index (χ1v) is 9.71. The fraction of sp³-hybridized carbons (Fsp3) is 0.125. The SMILES string of the molecule is CSn1ccc(Nc2ncc(C(=O)Nc3c(C)ccc4[nH]ncc34)s2)n1. The zero-order valence-corrected chi connectivity index (χ0v) is 15.6. The number of aryl methyl sites for hydroxylation is 1. The maximum Gasteiger partial charge on any atom is 0.267 e. The first kappa shape index (κ1) is 16.6. The van der Waals surface area contributed by atoms with Gasteiger partial charge in [-0.15, -0.1) is 5.10 Å². The maximum absolute atomic E-state index is 12.6. The molecule has 8 nitrogen and oxygen atoms in total. The Hall–Kier alpha value is -2.85. The number of nitrogens with one attached hydrogen (secondary N) is 3. The van der Waals surface area contributed by atoms with Crippen LogP contribution < -0.4 is 10.6 Å². The molecule has 0 bridgehead atoms. The topological polar surface area (TPSA) is 101 Å². The van der Waals surface area contributed by atoms with Gasteiger partial charge in [-0.3, -0.25) is 9.89 Å². The molecule has 0 saturated carbocycles. The summed E-state index contributed by atoms with van der Waals surface area (Å²) in [5.41, 5.74) is 2.60. The first-order valence-electron chi connectivity index (χ1n) is 7.71. The number of aromatic amines is 1. The molecule has 0 unspecified atom stereocenters. The van der Waals surface area contributed by atoms with Gasteiger partial charge in [-0.05, 0) is 30.5 Å². The van der Waals surface area contributed by atoms with E-state index in [4.69, 9.17) is 0 Å². The highest BCUT2D eigenvalue weighted by atomic mass is 32.2. The summed E-state index contributed by atoms with van der Waals surface area (Å²) in [6.45, 7) is 1.95. The Bertz CT molecular complexity index is 1080. The molecule has 3 aromatic heterocycles. The van der Waals surface area contributed by atoms with Gasteiger partial charge in [0.1, 0.15) is 4.88 Å². The van der Waals surface area contributed by atoms with Gasteiger partial charge in [-0.1, -0.05) is 17.4 Å². The zero-order valence-electron chi connectivity index (χ0n) is 14.0. The predicted octanol–water partition coefficient (Wildman–Crippen LogP) is 3.65. The molecule has 0 aliphatic heterocycles. The molecule has 1 amide bonds. The molecule has 1 aromatic carbocycles. The van der Waals surface area contributed by atoms with Crippen molar-refractivity contribution in [3.8, 4) is 0 Å². The number of amides is 1. The standard InChI is InChI=1S/C16H15N7OS2/c1-9-3-4-11-10(7-18-21-11)14(9)20-15(24)12-8-17-16(26-12)19-13-5-6-23(22-13)25-2/h3-8H,1-2H3,(H,18,21)(H,20,24)(H,17,19,22). The van der Waals surface area contributed by atoms with E-state index in [1.165, 1.54) is 23.3 Å². The van der Waals surface area contributed by atoms with Gasteiger partial charge in [-0.25, -0.2) is 9.07 Å². The summed E-state index contributed by atoms with van der Waals surface area (Å²) in [6.07, 6.45) is 7.05. The van der Waals surface area contributed by atoms with Gasteiger partial charge in [-0.2, -0.15) is 5.10 Å². The van der Waals surface area contributed by atoms with Crippen LogP contribution in [0.4, 0.5) is 16.6 Å². The molecule has 0 aliphatic carbocycles. The van der Waals surface area contributed by atoms with E-state index in [9.17, 15) is 4.79 Å². The molecule has 3 N–H and O–H groups in total. The number of rotatable bonds is 5. The number of fused-ring (bicyclic) bond motifs is 1. The van der Waals surface area contributed by atoms with Crippen LogP contribution in [0.1, 0.15) is 15.2 Å². The van der Waals surface area contributed by atoms with Gasteiger partial charge in [0.2, 0.25) is 0 Å². The average Bonchev–Trinajstić information content (AvgIpc) is 3.37. The lowest BCUT2D eigenvalue weighted by Gasteiger charge is -2.08. The van der Waals surface area contributed by atoms with Crippen molar-refractivity contribution in [2.45, 2.75) is 6.92 Å². The Morgan fingerprint density at radius 3 is 3.00 bits per heavy atom. The molecule has 0 fully saturated rings. The highest BCUT2D eigenvalue weighted by Gasteiger charge is 2.15. The molecule has 0 aliphatic rings. The van der Waals surface area contributed by atoms with E-state index in [0.717, 1.165) is 22.2 Å². The number of hydrogen-bond donors (Lipinski definition) is 3. The highest BCUT2D eigenvalue weighted by molar-refractivity contribution is 7.97. The number of aromatic nitrogens is 5. The Morgan fingerprint density at radius 1 is 1.31 bits per heavy atom. The monoisotopic (exact) mass is 385 g/mol. The molecule has 3 heterocycles. The second-order valence-corrected chi connectivity index (χ2v) is 7.25. The number of H-pyrrole nitrogens is 1. The van der Waals surface area contributed by atoms with Crippen LogP contribution in [0, 0.1) is 6.92 Å². The molecule has 0 radical (unpaired) electrons. The molecule has 132 valence electrons. The van der Waals surface area contributed by atoms with E-state index in [-0.39, 0.29) is 5.91 Å². The number of benzene rings is 1. The number of anilines is 3. The van der Waals surface area contributed by atoms with Crippen molar-refractivity contribution in [2.75, 3.05) is 16.9 Å². The van der Waals surface area contributed by atoms with Crippen molar-refractivity contribution >= 4 is 56.7 Å². The fourth-order valence-corrected chi connectivity index (χ4v) is 3.56. The first-order chi connectivity index (χ1) is 12.6. The van der Waals surface area contributed by atoms with Crippen LogP contribution in [0.3, 0.4) is 0 Å². The van der Waals surface area contributed by atoms with Gasteiger partial charge < -0.3 is 10.6 Å². The lowest BCUT2D eigenvalue weighted by molar-refractivity contribution is 0.103. The van der Waals surface area contributed by atoms with E-state index >= 15 is 0 Å². The number of carbonyl (C=O) groups excluding carboxylic acids is 1. The Labute approximate surface area is 157 Å². The van der Waals surface area contributed by atoms with Gasteiger partial charge in [0.15, 0.2) is 10.9 Å². The van der Waals surface area contributed by atoms with Crippen molar-refractivity contribution < 1.29 is 4.79 Å². The summed E-state index contributed by atoms with van der Waals surface area (Å²) in [7, 11) is 0. The molecule has 0 atom stereocenters. The number of hydrogen-bond acceptors (Lipinski definition) is 7. The van der Waals surface area contributed by atoms with Crippen molar-refractivity contribution in [1.29, 1.82) is 0 Å². The Balaban J connectivity index is 1.52. The van der Waals surface area contributed by atoms with E-state index < -0.39 is 0 Å². The Morgan fingerprint density at radius 2 is 2.19 bits per heavy atom. The zero-order chi connectivity index (χ0) is 18.1. The van der Waals surface area contributed by atoms with Gasteiger partial charge >= 0.3 is 0 Å². The summed E-state index contributed by atoms with van der Waals surface area (Å²) >= 11 is 2.76. The van der Waals surface area contributed by atoms with E-state index in [1.54, 1.807) is 16.5 Å². The molecule has 4 aromatic rings. The van der Waals surface area contributed by atoms with Gasteiger partial charge in [0.25, 0.3) is 5.91 Å². The number of carbonyl (C=O) groups is 1. The lowest BCUT2D eigenvalue weighted by atomic mass is 10.1. The van der Waals surface area contributed by atoms with Crippen LogP contribution in [0.5, 0.6) is 0 Å². The summed E-state index contributed by atoms with van der Waals surface area (Å²) in [4.78, 5) is 17.4. The second-order valence-electron chi connectivity index (χ2n) is 5.48. The quantitative estimate of drug-likeness (QED) is 0.485. The van der Waals surface area contributed by atoms with Crippen LogP contribution >= 0.6 is 23.3 Å². The minimum absolute atomic E-state index is 0.206. The summed E-state index contributed by atoms with van der Waals surface area (Å²) in [5.74, 6) is 0.474. The maximum atomic E-state index is 12.6. The Kier molecular flexibility index (Phi) is 4.35. The van der Waals surface area contributed by atoms with E-state index in [1.807, 2.05) is 37.6 Å². The van der Waals surface area contributed by atoms with Crippen molar-refractivity contribution in [3.05, 3.63) is 47.2 Å². The largest absolute Gasteiger partial charge is 0.320 e. The minimum atomic E-state index is -0.206. The van der Waals surface area contributed by atoms with Crippen LogP contribution in [-0.2, 0) is 0 Å². The van der Waals surface area contributed by atoms with Crippen LogP contribution in [0.25, 0.3) is 10.9 Å².